The van der Waals surface area contributed by atoms with Gasteiger partial charge in [-0.1, -0.05) is 30.3 Å². The van der Waals surface area contributed by atoms with Gasteiger partial charge in [-0.05, 0) is 13.0 Å². The maximum absolute atomic E-state index is 12.3. The fourth-order valence-corrected chi connectivity index (χ4v) is 3.53. The number of primary amides is 1. The highest BCUT2D eigenvalue weighted by atomic mass is 16.6. The molecule has 1 aromatic heterocycles. The number of allylic oxidation sites excluding steroid dienone is 1. The Hall–Kier alpha value is -4.21. The number of nitro groups is 1. The number of aromatic nitrogens is 3. The van der Waals surface area contributed by atoms with Gasteiger partial charge in [0.2, 0.25) is 11.9 Å². The molecule has 152 valence electrons. The number of amides is 1. The lowest BCUT2D eigenvalue weighted by atomic mass is 9.94. The van der Waals surface area contributed by atoms with Crippen LogP contribution in [0.4, 0.5) is 11.6 Å². The lowest BCUT2D eigenvalue weighted by Gasteiger charge is -2.28. The number of rotatable bonds is 5. The van der Waals surface area contributed by atoms with Crippen LogP contribution >= 0.6 is 0 Å². The van der Waals surface area contributed by atoms with Gasteiger partial charge >= 0.3 is 0 Å². The molecule has 0 saturated carbocycles. The number of hydrogen-bond acceptors (Lipinski definition) is 7. The quantitative estimate of drug-likeness (QED) is 0.490. The molecule has 0 radical (unpaired) electrons. The van der Waals surface area contributed by atoms with Crippen LogP contribution in [0.2, 0.25) is 0 Å². The van der Waals surface area contributed by atoms with Crippen LogP contribution in [0.25, 0.3) is 11.4 Å². The van der Waals surface area contributed by atoms with Gasteiger partial charge in [-0.2, -0.15) is 4.98 Å². The second kappa shape index (κ2) is 7.32. The van der Waals surface area contributed by atoms with Gasteiger partial charge < -0.3 is 15.8 Å². The van der Waals surface area contributed by atoms with Crippen molar-refractivity contribution in [1.29, 1.82) is 0 Å². The molecular weight excluding hydrogens is 388 g/mol. The molecule has 2 heterocycles. The van der Waals surface area contributed by atoms with E-state index in [0.29, 0.717) is 34.1 Å². The van der Waals surface area contributed by atoms with Crippen molar-refractivity contribution in [2.75, 3.05) is 12.4 Å². The molecule has 10 nitrogen and oxygen atoms in total. The number of ether oxygens (including phenoxy) is 1. The van der Waals surface area contributed by atoms with E-state index >= 15 is 0 Å². The SMILES string of the molecule is COc1ccccc1C1C(C(N)=O)=C(C)Nc2nc(-c3cccc([N+](=O)[O-])c3)nn21. The van der Waals surface area contributed by atoms with Gasteiger partial charge in [0.25, 0.3) is 5.69 Å². The minimum atomic E-state index is -0.671. The van der Waals surface area contributed by atoms with Gasteiger partial charge in [0, 0.05) is 29.0 Å². The van der Waals surface area contributed by atoms with Crippen LogP contribution in [-0.2, 0) is 4.79 Å². The van der Waals surface area contributed by atoms with Crippen LogP contribution in [0.15, 0.2) is 59.8 Å². The highest BCUT2D eigenvalue weighted by Crippen LogP contribution is 2.39. The Morgan fingerprint density at radius 3 is 2.73 bits per heavy atom. The van der Waals surface area contributed by atoms with Gasteiger partial charge in [0.1, 0.15) is 11.8 Å². The van der Waals surface area contributed by atoms with Crippen molar-refractivity contribution in [2.45, 2.75) is 13.0 Å². The van der Waals surface area contributed by atoms with E-state index in [1.807, 2.05) is 18.2 Å². The second-order valence-corrected chi connectivity index (χ2v) is 6.68. The van der Waals surface area contributed by atoms with Crippen LogP contribution < -0.4 is 15.8 Å². The van der Waals surface area contributed by atoms with Crippen molar-refractivity contribution in [3.63, 3.8) is 0 Å². The summed E-state index contributed by atoms with van der Waals surface area (Å²) in [5, 5.41) is 18.7. The average molecular weight is 406 g/mol. The number of non-ortho nitro benzene ring substituents is 1. The Balaban J connectivity index is 1.90. The summed E-state index contributed by atoms with van der Waals surface area (Å²) in [6.07, 6.45) is 0. The monoisotopic (exact) mass is 406 g/mol. The summed E-state index contributed by atoms with van der Waals surface area (Å²) < 4.78 is 7.02. The zero-order valence-corrected chi connectivity index (χ0v) is 16.2. The van der Waals surface area contributed by atoms with Crippen LogP contribution in [0.3, 0.4) is 0 Å². The fourth-order valence-electron chi connectivity index (χ4n) is 3.53. The van der Waals surface area contributed by atoms with Crippen LogP contribution in [0, 0.1) is 10.1 Å². The number of hydrogen-bond donors (Lipinski definition) is 2. The normalized spacial score (nSPS) is 15.3. The fraction of sp³-hybridized carbons (Fsp3) is 0.150. The first kappa shape index (κ1) is 19.1. The number of para-hydroxylation sites is 1. The Kier molecular flexibility index (Phi) is 4.66. The summed E-state index contributed by atoms with van der Waals surface area (Å²) in [5.74, 6) is 0.623. The molecule has 1 atom stereocenters. The number of nitrogens with zero attached hydrogens (tertiary/aromatic N) is 4. The van der Waals surface area contributed by atoms with E-state index in [9.17, 15) is 14.9 Å². The smallest absolute Gasteiger partial charge is 0.270 e. The lowest BCUT2D eigenvalue weighted by Crippen LogP contribution is -2.32. The standard InChI is InChI=1S/C20H18N6O4/c1-11-16(18(21)27)17(14-8-3-4-9-15(14)30-2)25-20(22-11)23-19(24-25)12-6-5-7-13(10-12)26(28)29/h3-10,17H,1-2H3,(H2,21,27)(H,22,23,24). The molecule has 0 bridgehead atoms. The molecule has 1 amide bonds. The molecule has 0 spiro atoms. The van der Waals surface area contributed by atoms with Crippen molar-refractivity contribution in [2.24, 2.45) is 5.73 Å². The summed E-state index contributed by atoms with van der Waals surface area (Å²) in [5.41, 5.74) is 7.65. The van der Waals surface area contributed by atoms with E-state index in [4.69, 9.17) is 10.5 Å². The van der Waals surface area contributed by atoms with Crippen molar-refractivity contribution in [3.05, 3.63) is 75.5 Å². The highest BCUT2D eigenvalue weighted by Gasteiger charge is 2.35. The summed E-state index contributed by atoms with van der Waals surface area (Å²) in [6.45, 7) is 1.73. The number of nitrogens with one attached hydrogen (secondary N) is 1. The molecule has 1 aliphatic heterocycles. The summed E-state index contributed by atoms with van der Waals surface area (Å²) in [4.78, 5) is 27.4. The maximum atomic E-state index is 12.3. The van der Waals surface area contributed by atoms with Gasteiger partial charge in [-0.3, -0.25) is 14.9 Å². The molecular formula is C20H18N6O4. The van der Waals surface area contributed by atoms with Crippen LogP contribution in [0.5, 0.6) is 5.75 Å². The number of carbonyl (C=O) groups excluding carboxylic acids is 1. The Morgan fingerprint density at radius 2 is 2.03 bits per heavy atom. The van der Waals surface area contributed by atoms with Crippen molar-refractivity contribution in [1.82, 2.24) is 14.8 Å². The largest absolute Gasteiger partial charge is 0.496 e. The number of anilines is 1. The molecule has 3 N–H and O–H groups in total. The molecule has 1 aliphatic rings. The maximum Gasteiger partial charge on any atom is 0.270 e. The molecule has 1 unspecified atom stereocenters. The van der Waals surface area contributed by atoms with E-state index < -0.39 is 16.9 Å². The van der Waals surface area contributed by atoms with Crippen molar-refractivity contribution >= 4 is 17.5 Å². The van der Waals surface area contributed by atoms with E-state index in [1.165, 1.54) is 19.2 Å². The predicted octanol–water partition coefficient (Wildman–Crippen LogP) is 2.64. The second-order valence-electron chi connectivity index (χ2n) is 6.68. The topological polar surface area (TPSA) is 138 Å². The zero-order valence-electron chi connectivity index (χ0n) is 16.2. The predicted molar refractivity (Wildman–Crippen MR) is 109 cm³/mol. The van der Waals surface area contributed by atoms with Gasteiger partial charge in [0.05, 0.1) is 17.6 Å². The summed E-state index contributed by atoms with van der Waals surface area (Å²) in [7, 11) is 1.54. The highest BCUT2D eigenvalue weighted by molar-refractivity contribution is 5.95. The summed E-state index contributed by atoms with van der Waals surface area (Å²) in [6, 6.07) is 12.6. The molecule has 2 aromatic carbocycles. The first-order valence-electron chi connectivity index (χ1n) is 9.02. The van der Waals surface area contributed by atoms with Crippen LogP contribution in [-0.4, -0.2) is 32.7 Å². The number of nitrogens with two attached hydrogens (primary N) is 1. The third-order valence-electron chi connectivity index (χ3n) is 4.87. The molecule has 0 saturated heterocycles. The van der Waals surface area contributed by atoms with Crippen LogP contribution in [0.1, 0.15) is 18.5 Å². The Labute approximate surface area is 171 Å². The van der Waals surface area contributed by atoms with Gasteiger partial charge in [-0.15, -0.1) is 5.10 Å². The third kappa shape index (κ3) is 3.13. The van der Waals surface area contributed by atoms with E-state index in [-0.39, 0.29) is 11.5 Å². The number of carbonyl (C=O) groups is 1. The summed E-state index contributed by atoms with van der Waals surface area (Å²) >= 11 is 0. The van der Waals surface area contributed by atoms with E-state index in [1.54, 1.807) is 29.8 Å². The number of fused-ring (bicyclic) bond motifs is 1. The number of methoxy groups -OCH3 is 1. The first-order chi connectivity index (χ1) is 14.4. The Bertz CT molecular complexity index is 1200. The number of benzene rings is 2. The molecule has 30 heavy (non-hydrogen) atoms. The third-order valence-corrected chi connectivity index (χ3v) is 4.87. The van der Waals surface area contributed by atoms with Gasteiger partial charge in [0.15, 0.2) is 5.82 Å². The van der Waals surface area contributed by atoms with Gasteiger partial charge in [-0.25, -0.2) is 4.68 Å². The first-order valence-corrected chi connectivity index (χ1v) is 9.02. The molecule has 10 heteroatoms. The van der Waals surface area contributed by atoms with E-state index in [2.05, 4.69) is 15.4 Å². The van der Waals surface area contributed by atoms with Crippen molar-refractivity contribution in [3.8, 4) is 17.1 Å². The minimum Gasteiger partial charge on any atom is -0.496 e. The van der Waals surface area contributed by atoms with Crippen molar-refractivity contribution < 1.29 is 14.5 Å². The Morgan fingerprint density at radius 1 is 1.27 bits per heavy atom. The zero-order chi connectivity index (χ0) is 21.4. The molecule has 3 aromatic rings. The molecule has 0 fully saturated rings. The number of nitro benzene ring substituents is 1. The molecule has 0 aliphatic carbocycles. The minimum absolute atomic E-state index is 0.0679. The average Bonchev–Trinajstić information content (AvgIpc) is 3.16. The van der Waals surface area contributed by atoms with E-state index in [0.717, 1.165) is 0 Å². The lowest BCUT2D eigenvalue weighted by molar-refractivity contribution is -0.384. The molecule has 4 rings (SSSR count).